The molecular weight excluding hydrogens is 262 g/mol. The summed E-state index contributed by atoms with van der Waals surface area (Å²) in [6, 6.07) is 0. The van der Waals surface area contributed by atoms with Crippen molar-refractivity contribution in [3.63, 3.8) is 0 Å². The molecule has 0 rings (SSSR count). The van der Waals surface area contributed by atoms with Crippen molar-refractivity contribution in [2.75, 3.05) is 38.8 Å². The molecule has 0 aliphatic carbocycles. The number of rotatable bonds is 10. The van der Waals surface area contributed by atoms with Crippen molar-refractivity contribution < 1.29 is 9.53 Å². The first-order chi connectivity index (χ1) is 9.24. The van der Waals surface area contributed by atoms with Crippen LogP contribution in [0.15, 0.2) is 4.99 Å². The predicted molar refractivity (Wildman–Crippen MR) is 82.8 cm³/mol. The van der Waals surface area contributed by atoms with Crippen LogP contribution in [0, 0.1) is 0 Å². The molecule has 2 N–H and O–H groups in total. The van der Waals surface area contributed by atoms with Gasteiger partial charge in [0.1, 0.15) is 0 Å². The third kappa shape index (κ3) is 11.9. The Labute approximate surface area is 121 Å². The van der Waals surface area contributed by atoms with Gasteiger partial charge >= 0.3 is 5.97 Å². The number of nitrogens with zero attached hydrogens (tertiary/aromatic N) is 1. The maximum atomic E-state index is 11.1. The first kappa shape index (κ1) is 18.1. The first-order valence-electron chi connectivity index (χ1n) is 6.83. The summed E-state index contributed by atoms with van der Waals surface area (Å²) in [7, 11) is 1.75. The van der Waals surface area contributed by atoms with Crippen LogP contribution in [-0.2, 0) is 9.53 Å². The van der Waals surface area contributed by atoms with Gasteiger partial charge in [0.15, 0.2) is 5.96 Å². The molecular formula is C13H27N3O2S. The topological polar surface area (TPSA) is 62.7 Å². The summed E-state index contributed by atoms with van der Waals surface area (Å²) < 4.78 is 4.86. The van der Waals surface area contributed by atoms with Crippen LogP contribution in [0.5, 0.6) is 0 Å². The van der Waals surface area contributed by atoms with Gasteiger partial charge in [-0.2, -0.15) is 11.8 Å². The van der Waals surface area contributed by atoms with E-state index in [0.717, 1.165) is 31.9 Å². The molecule has 0 amide bonds. The summed E-state index contributed by atoms with van der Waals surface area (Å²) in [5.74, 6) is 1.87. The molecule has 5 nitrogen and oxygen atoms in total. The van der Waals surface area contributed by atoms with Gasteiger partial charge in [0, 0.05) is 26.6 Å². The van der Waals surface area contributed by atoms with Gasteiger partial charge in [0.25, 0.3) is 0 Å². The number of carbonyl (C=O) groups excluding carboxylic acids is 1. The predicted octanol–water partition coefficient (Wildman–Crippen LogP) is 1.64. The molecule has 0 saturated carbocycles. The van der Waals surface area contributed by atoms with E-state index in [9.17, 15) is 4.79 Å². The molecule has 0 aromatic carbocycles. The van der Waals surface area contributed by atoms with Crippen LogP contribution < -0.4 is 10.6 Å². The lowest BCUT2D eigenvalue weighted by molar-refractivity contribution is -0.143. The summed E-state index contributed by atoms with van der Waals surface area (Å²) in [5, 5.41) is 6.44. The molecule has 0 radical (unpaired) electrons. The third-order valence-corrected chi connectivity index (χ3v) is 3.14. The minimum Gasteiger partial charge on any atom is -0.466 e. The molecule has 0 aliphatic heterocycles. The van der Waals surface area contributed by atoms with E-state index in [4.69, 9.17) is 4.74 Å². The third-order valence-electron chi connectivity index (χ3n) is 2.45. The highest BCUT2D eigenvalue weighted by Gasteiger charge is 2.01. The van der Waals surface area contributed by atoms with Gasteiger partial charge in [-0.25, -0.2) is 0 Å². The number of hydrogen-bond donors (Lipinski definition) is 2. The lowest BCUT2D eigenvalue weighted by atomic mass is 10.3. The number of thioether (sulfide) groups is 1. The lowest BCUT2D eigenvalue weighted by Crippen LogP contribution is -2.38. The van der Waals surface area contributed by atoms with Gasteiger partial charge in [-0.15, -0.1) is 0 Å². The number of aliphatic imine (C=N–C) groups is 1. The van der Waals surface area contributed by atoms with Crippen molar-refractivity contribution in [2.45, 2.75) is 32.6 Å². The zero-order valence-electron chi connectivity index (χ0n) is 12.3. The number of guanidine groups is 1. The van der Waals surface area contributed by atoms with E-state index < -0.39 is 0 Å². The van der Waals surface area contributed by atoms with E-state index in [1.807, 2.05) is 18.7 Å². The van der Waals surface area contributed by atoms with Crippen LogP contribution in [0.25, 0.3) is 0 Å². The van der Waals surface area contributed by atoms with Gasteiger partial charge < -0.3 is 15.4 Å². The first-order valence-corrected chi connectivity index (χ1v) is 8.23. The fraction of sp³-hybridized carbons (Fsp3) is 0.846. The van der Waals surface area contributed by atoms with Crippen LogP contribution >= 0.6 is 11.8 Å². The van der Waals surface area contributed by atoms with Crippen molar-refractivity contribution in [3.8, 4) is 0 Å². The molecule has 0 aliphatic rings. The highest BCUT2D eigenvalue weighted by Crippen LogP contribution is 1.97. The highest BCUT2D eigenvalue weighted by atomic mass is 32.2. The summed E-state index contributed by atoms with van der Waals surface area (Å²) in [6.07, 6.45) is 5.69. The van der Waals surface area contributed by atoms with Gasteiger partial charge in [-0.3, -0.25) is 9.79 Å². The Morgan fingerprint density at radius 3 is 2.47 bits per heavy atom. The summed E-state index contributed by atoms with van der Waals surface area (Å²) in [6.45, 7) is 3.92. The monoisotopic (exact) mass is 289 g/mol. The number of ether oxygens (including phenoxy) is 1. The quantitative estimate of drug-likeness (QED) is 0.277. The standard InChI is InChI=1S/C13H27N3O2S/c1-4-18-12(17)8-7-10-16-13(14-2)15-9-5-6-11-19-3/h4-11H2,1-3H3,(H2,14,15,16). The second-order valence-electron chi connectivity index (χ2n) is 4.03. The van der Waals surface area contributed by atoms with Crippen molar-refractivity contribution in [3.05, 3.63) is 0 Å². The fourth-order valence-corrected chi connectivity index (χ4v) is 1.96. The van der Waals surface area contributed by atoms with Gasteiger partial charge in [0.05, 0.1) is 6.61 Å². The summed E-state index contributed by atoms with van der Waals surface area (Å²) in [5.41, 5.74) is 0. The van der Waals surface area contributed by atoms with Crippen LogP contribution in [0.2, 0.25) is 0 Å². The number of unbranched alkanes of at least 4 members (excludes halogenated alkanes) is 1. The smallest absolute Gasteiger partial charge is 0.305 e. The van der Waals surface area contributed by atoms with Crippen molar-refractivity contribution in [2.24, 2.45) is 4.99 Å². The molecule has 0 aromatic heterocycles. The van der Waals surface area contributed by atoms with Crippen molar-refractivity contribution in [1.82, 2.24) is 10.6 Å². The van der Waals surface area contributed by atoms with Crippen LogP contribution in [0.1, 0.15) is 32.6 Å². The van der Waals surface area contributed by atoms with Crippen LogP contribution in [-0.4, -0.2) is 50.7 Å². The number of nitrogens with one attached hydrogen (secondary N) is 2. The van der Waals surface area contributed by atoms with E-state index in [2.05, 4.69) is 21.9 Å². The Hall–Kier alpha value is -0.910. The average molecular weight is 289 g/mol. The second-order valence-corrected chi connectivity index (χ2v) is 5.02. The molecule has 0 saturated heterocycles. The normalized spacial score (nSPS) is 11.2. The summed E-state index contributed by atoms with van der Waals surface area (Å²) in [4.78, 5) is 15.3. The van der Waals surface area contributed by atoms with E-state index in [0.29, 0.717) is 13.0 Å². The highest BCUT2D eigenvalue weighted by molar-refractivity contribution is 7.98. The van der Waals surface area contributed by atoms with Crippen LogP contribution in [0.4, 0.5) is 0 Å². The van der Waals surface area contributed by atoms with Crippen molar-refractivity contribution in [1.29, 1.82) is 0 Å². The molecule has 0 spiro atoms. The van der Waals surface area contributed by atoms with E-state index in [-0.39, 0.29) is 5.97 Å². The largest absolute Gasteiger partial charge is 0.466 e. The molecule has 0 unspecified atom stereocenters. The van der Waals surface area contributed by atoms with E-state index in [1.54, 1.807) is 7.05 Å². The molecule has 0 atom stereocenters. The Morgan fingerprint density at radius 2 is 1.89 bits per heavy atom. The van der Waals surface area contributed by atoms with Gasteiger partial charge in [-0.05, 0) is 38.2 Å². The Balaban J connectivity index is 3.52. The minimum absolute atomic E-state index is 0.135. The van der Waals surface area contributed by atoms with E-state index in [1.165, 1.54) is 12.2 Å². The molecule has 112 valence electrons. The molecule has 0 bridgehead atoms. The molecule has 19 heavy (non-hydrogen) atoms. The zero-order valence-corrected chi connectivity index (χ0v) is 13.1. The maximum absolute atomic E-state index is 11.1. The Bertz CT molecular complexity index is 260. The molecule has 0 heterocycles. The second kappa shape index (κ2) is 13.5. The lowest BCUT2D eigenvalue weighted by Gasteiger charge is -2.11. The van der Waals surface area contributed by atoms with Gasteiger partial charge in [-0.1, -0.05) is 0 Å². The SMILES string of the molecule is CCOC(=O)CCCNC(=NC)NCCCCSC. The number of carbonyl (C=O) groups is 1. The zero-order chi connectivity index (χ0) is 14.3. The summed E-state index contributed by atoms with van der Waals surface area (Å²) >= 11 is 1.87. The minimum atomic E-state index is -0.135. The van der Waals surface area contributed by atoms with E-state index >= 15 is 0 Å². The fourth-order valence-electron chi connectivity index (χ4n) is 1.47. The van der Waals surface area contributed by atoms with Crippen LogP contribution in [0.3, 0.4) is 0 Å². The Morgan fingerprint density at radius 1 is 1.21 bits per heavy atom. The average Bonchev–Trinajstić information content (AvgIpc) is 2.41. The maximum Gasteiger partial charge on any atom is 0.305 e. The molecule has 0 aromatic rings. The molecule has 0 fully saturated rings. The van der Waals surface area contributed by atoms with Gasteiger partial charge in [0.2, 0.25) is 0 Å². The number of esters is 1. The Kier molecular flexibility index (Phi) is 12.9. The number of hydrogen-bond acceptors (Lipinski definition) is 4. The molecule has 6 heteroatoms. The van der Waals surface area contributed by atoms with Crippen molar-refractivity contribution >= 4 is 23.7 Å².